The van der Waals surface area contributed by atoms with Gasteiger partial charge in [-0.25, -0.2) is 18.6 Å². The number of hydrogen-bond donors (Lipinski definition) is 1. The van der Waals surface area contributed by atoms with Gasteiger partial charge in [-0.05, 0) is 47.9 Å². The molecule has 1 aromatic heterocycles. The van der Waals surface area contributed by atoms with E-state index in [-0.39, 0.29) is 29.1 Å². The Morgan fingerprint density at radius 2 is 1.88 bits per heavy atom. The number of imide groups is 1. The van der Waals surface area contributed by atoms with Crippen LogP contribution in [0.25, 0.3) is 11.4 Å². The van der Waals surface area contributed by atoms with Gasteiger partial charge in [0.15, 0.2) is 11.6 Å². The normalized spacial score (nSPS) is 17.1. The first-order chi connectivity index (χ1) is 19.7. The van der Waals surface area contributed by atoms with E-state index in [0.717, 1.165) is 35.6 Å². The molecule has 0 radical (unpaired) electrons. The Balaban J connectivity index is 1.15. The standard InChI is InChI=1S/C30H26ClF2N5O3/c1-17-23-11-19(29-34-14-27(36(29)2)38-10-9-26(39)35-30(38)40)5-6-20(23)16-37(17)15-18-3-7-22(8-4-18)41-28-24(31)12-21(32)13-25(28)33/h3-8,11-14,17H,9-10,15-16H2,1-2H3,(H,35,39,40)/t17-/m0/s1. The minimum Gasteiger partial charge on any atom is -0.453 e. The number of imidazole rings is 1. The summed E-state index contributed by atoms with van der Waals surface area (Å²) in [7, 11) is 1.86. The van der Waals surface area contributed by atoms with Crippen LogP contribution in [0.15, 0.2) is 60.8 Å². The van der Waals surface area contributed by atoms with E-state index < -0.39 is 17.7 Å². The Morgan fingerprint density at radius 3 is 2.61 bits per heavy atom. The summed E-state index contributed by atoms with van der Waals surface area (Å²) in [4.78, 5) is 32.3. The molecule has 11 heteroatoms. The summed E-state index contributed by atoms with van der Waals surface area (Å²) in [5, 5.41) is 2.22. The van der Waals surface area contributed by atoms with Crippen LogP contribution in [-0.4, -0.2) is 32.9 Å². The molecule has 6 rings (SSSR count). The van der Waals surface area contributed by atoms with E-state index in [1.165, 1.54) is 16.0 Å². The largest absolute Gasteiger partial charge is 0.453 e. The van der Waals surface area contributed by atoms with Crippen LogP contribution in [0.4, 0.5) is 19.4 Å². The number of fused-ring (bicyclic) bond motifs is 1. The van der Waals surface area contributed by atoms with Crippen molar-refractivity contribution in [2.45, 2.75) is 32.5 Å². The molecule has 0 unspecified atom stereocenters. The maximum Gasteiger partial charge on any atom is 0.329 e. The molecule has 3 amide bonds. The first-order valence-electron chi connectivity index (χ1n) is 13.1. The fourth-order valence-electron chi connectivity index (χ4n) is 5.36. The quantitative estimate of drug-likeness (QED) is 0.289. The topological polar surface area (TPSA) is 79.7 Å². The highest BCUT2D eigenvalue weighted by Gasteiger charge is 2.29. The minimum atomic E-state index is -0.864. The zero-order valence-corrected chi connectivity index (χ0v) is 23.1. The van der Waals surface area contributed by atoms with Crippen LogP contribution in [0.1, 0.15) is 36.1 Å². The lowest BCUT2D eigenvalue weighted by Gasteiger charge is -2.26. The predicted molar refractivity (Wildman–Crippen MR) is 150 cm³/mol. The van der Waals surface area contributed by atoms with Gasteiger partial charge in [0.05, 0.1) is 11.2 Å². The summed E-state index contributed by atoms with van der Waals surface area (Å²) in [6.07, 6.45) is 1.90. The maximum absolute atomic E-state index is 14.1. The van der Waals surface area contributed by atoms with E-state index in [2.05, 4.69) is 34.3 Å². The molecular weight excluding hydrogens is 552 g/mol. The molecule has 1 atom stereocenters. The summed E-state index contributed by atoms with van der Waals surface area (Å²) >= 11 is 5.95. The van der Waals surface area contributed by atoms with E-state index in [9.17, 15) is 18.4 Å². The number of amides is 3. The number of ether oxygens (including phenoxy) is 1. The number of rotatable bonds is 6. The molecule has 8 nitrogen and oxygen atoms in total. The summed E-state index contributed by atoms with van der Waals surface area (Å²) < 4.78 is 34.9. The van der Waals surface area contributed by atoms with Crippen molar-refractivity contribution >= 4 is 29.4 Å². The van der Waals surface area contributed by atoms with Gasteiger partial charge in [0.2, 0.25) is 5.91 Å². The molecule has 4 aromatic rings. The van der Waals surface area contributed by atoms with Gasteiger partial charge in [0.25, 0.3) is 0 Å². The number of nitrogens with zero attached hydrogens (tertiary/aromatic N) is 4. The molecule has 3 aromatic carbocycles. The van der Waals surface area contributed by atoms with Crippen molar-refractivity contribution in [1.82, 2.24) is 19.8 Å². The fraction of sp³-hybridized carbons (Fsp3) is 0.233. The number of carbonyl (C=O) groups excluding carboxylic acids is 2. The number of hydrogen-bond acceptors (Lipinski definition) is 5. The summed E-state index contributed by atoms with van der Waals surface area (Å²) in [6, 6.07) is 15.0. The van der Waals surface area contributed by atoms with Crippen LogP contribution in [0.5, 0.6) is 11.5 Å². The number of urea groups is 1. The fourth-order valence-corrected chi connectivity index (χ4v) is 5.59. The van der Waals surface area contributed by atoms with Gasteiger partial charge in [-0.1, -0.05) is 35.9 Å². The van der Waals surface area contributed by atoms with E-state index in [1.54, 1.807) is 18.3 Å². The van der Waals surface area contributed by atoms with Crippen molar-refractivity contribution in [3.8, 4) is 22.9 Å². The van der Waals surface area contributed by atoms with Gasteiger partial charge in [-0.3, -0.25) is 19.9 Å². The van der Waals surface area contributed by atoms with E-state index in [0.29, 0.717) is 24.7 Å². The van der Waals surface area contributed by atoms with Crippen molar-refractivity contribution in [3.05, 3.63) is 94.1 Å². The van der Waals surface area contributed by atoms with Crippen LogP contribution in [-0.2, 0) is 24.9 Å². The molecule has 2 aliphatic heterocycles. The zero-order chi connectivity index (χ0) is 28.8. The van der Waals surface area contributed by atoms with Gasteiger partial charge >= 0.3 is 6.03 Å². The molecule has 3 heterocycles. The minimum absolute atomic E-state index is 0.134. The van der Waals surface area contributed by atoms with Crippen LogP contribution in [0.2, 0.25) is 5.02 Å². The van der Waals surface area contributed by atoms with Crippen molar-refractivity contribution in [3.63, 3.8) is 0 Å². The molecule has 210 valence electrons. The summed E-state index contributed by atoms with van der Waals surface area (Å²) in [5.74, 6) is -0.375. The van der Waals surface area contributed by atoms with Crippen molar-refractivity contribution in [1.29, 1.82) is 0 Å². The van der Waals surface area contributed by atoms with Crippen molar-refractivity contribution < 1.29 is 23.1 Å². The molecule has 1 N–H and O–H groups in total. The lowest BCUT2D eigenvalue weighted by Crippen LogP contribution is -2.50. The Hall–Kier alpha value is -4.28. The molecule has 1 fully saturated rings. The van der Waals surface area contributed by atoms with E-state index in [4.69, 9.17) is 16.3 Å². The van der Waals surface area contributed by atoms with Crippen LogP contribution < -0.4 is 15.0 Å². The SMILES string of the molecule is C[C@H]1c2cc(-c3ncc(N4CCC(=O)NC4=O)n3C)ccc2CN1Cc1ccc(Oc2c(F)cc(F)cc2Cl)cc1. The zero-order valence-electron chi connectivity index (χ0n) is 22.3. The Morgan fingerprint density at radius 1 is 1.10 bits per heavy atom. The highest BCUT2D eigenvalue weighted by molar-refractivity contribution is 6.32. The van der Waals surface area contributed by atoms with Crippen LogP contribution in [0.3, 0.4) is 0 Å². The maximum atomic E-state index is 14.1. The second kappa shape index (κ2) is 10.6. The van der Waals surface area contributed by atoms with E-state index in [1.807, 2.05) is 29.8 Å². The molecule has 2 aliphatic rings. The summed E-state index contributed by atoms with van der Waals surface area (Å²) in [5.41, 5.74) is 4.42. The van der Waals surface area contributed by atoms with Crippen molar-refractivity contribution in [2.75, 3.05) is 11.4 Å². The third-order valence-electron chi connectivity index (χ3n) is 7.56. The number of aromatic nitrogens is 2. The number of halogens is 3. The number of benzene rings is 3. The van der Waals surface area contributed by atoms with Gasteiger partial charge in [0.1, 0.15) is 23.2 Å². The van der Waals surface area contributed by atoms with Gasteiger partial charge < -0.3 is 9.30 Å². The van der Waals surface area contributed by atoms with E-state index >= 15 is 0 Å². The number of carbonyl (C=O) groups is 2. The lowest BCUT2D eigenvalue weighted by molar-refractivity contribution is -0.120. The average molecular weight is 578 g/mol. The molecule has 0 aliphatic carbocycles. The molecular formula is C30H26ClF2N5O3. The Kier molecular flexibility index (Phi) is 6.96. The van der Waals surface area contributed by atoms with Crippen LogP contribution >= 0.6 is 11.6 Å². The molecule has 0 spiro atoms. The second-order valence-electron chi connectivity index (χ2n) is 10.2. The molecule has 1 saturated heterocycles. The highest BCUT2D eigenvalue weighted by Crippen LogP contribution is 2.38. The Labute approximate surface area is 240 Å². The predicted octanol–water partition coefficient (Wildman–Crippen LogP) is 6.33. The highest BCUT2D eigenvalue weighted by atomic mass is 35.5. The monoisotopic (exact) mass is 577 g/mol. The number of nitrogens with one attached hydrogen (secondary N) is 1. The second-order valence-corrected chi connectivity index (χ2v) is 10.6. The van der Waals surface area contributed by atoms with Crippen molar-refractivity contribution in [2.24, 2.45) is 7.05 Å². The number of anilines is 1. The lowest BCUT2D eigenvalue weighted by atomic mass is 10.0. The molecule has 0 saturated carbocycles. The first-order valence-corrected chi connectivity index (χ1v) is 13.5. The van der Waals surface area contributed by atoms with Crippen LogP contribution in [0, 0.1) is 11.6 Å². The smallest absolute Gasteiger partial charge is 0.329 e. The molecule has 41 heavy (non-hydrogen) atoms. The first kappa shape index (κ1) is 26.9. The molecule has 0 bridgehead atoms. The summed E-state index contributed by atoms with van der Waals surface area (Å²) in [6.45, 7) is 3.93. The third kappa shape index (κ3) is 5.16. The van der Waals surface area contributed by atoms with Gasteiger partial charge in [-0.15, -0.1) is 0 Å². The van der Waals surface area contributed by atoms with Gasteiger partial charge in [0, 0.05) is 50.8 Å². The Bertz CT molecular complexity index is 1650. The third-order valence-corrected chi connectivity index (χ3v) is 7.84. The average Bonchev–Trinajstić information content (AvgIpc) is 3.46. The van der Waals surface area contributed by atoms with Gasteiger partial charge in [-0.2, -0.15) is 0 Å².